The second-order valence-electron chi connectivity index (χ2n) is 5.75. The summed E-state index contributed by atoms with van der Waals surface area (Å²) in [6.07, 6.45) is 5.15. The number of likely N-dealkylation sites (N-methyl/N-ethyl adjacent to an activating group) is 2. The molecule has 0 spiro atoms. The Morgan fingerprint density at radius 2 is 2.00 bits per heavy atom. The Morgan fingerprint density at radius 1 is 1.32 bits per heavy atom. The van der Waals surface area contributed by atoms with Crippen LogP contribution in [0.2, 0.25) is 5.02 Å². The van der Waals surface area contributed by atoms with E-state index in [2.05, 4.69) is 49.4 Å². The molecule has 3 heteroatoms. The summed E-state index contributed by atoms with van der Waals surface area (Å²) in [5.74, 6) is 0. The fraction of sp³-hybridized carbons (Fsp3) is 0.625. The summed E-state index contributed by atoms with van der Waals surface area (Å²) in [4.78, 5) is 2.41. The van der Waals surface area contributed by atoms with Crippen LogP contribution in [-0.2, 0) is 0 Å². The van der Waals surface area contributed by atoms with Gasteiger partial charge in [-0.15, -0.1) is 0 Å². The Kier molecular flexibility index (Phi) is 4.88. The maximum absolute atomic E-state index is 6.18. The topological polar surface area (TPSA) is 15.3 Å². The molecule has 2 nitrogen and oxygen atoms in total. The van der Waals surface area contributed by atoms with Gasteiger partial charge in [-0.25, -0.2) is 0 Å². The number of benzene rings is 1. The first-order valence-electron chi connectivity index (χ1n) is 7.26. The van der Waals surface area contributed by atoms with Crippen molar-refractivity contribution in [3.05, 3.63) is 34.9 Å². The third kappa shape index (κ3) is 2.96. The van der Waals surface area contributed by atoms with Gasteiger partial charge in [0, 0.05) is 10.6 Å². The Bertz CT molecular complexity index is 411. The summed E-state index contributed by atoms with van der Waals surface area (Å²) >= 11 is 6.18. The summed E-state index contributed by atoms with van der Waals surface area (Å²) < 4.78 is 0. The van der Waals surface area contributed by atoms with Gasteiger partial charge in [0.15, 0.2) is 0 Å². The molecule has 0 radical (unpaired) electrons. The van der Waals surface area contributed by atoms with Crippen molar-refractivity contribution in [3.8, 4) is 0 Å². The quantitative estimate of drug-likeness (QED) is 0.881. The molecule has 0 amide bonds. The van der Waals surface area contributed by atoms with Gasteiger partial charge >= 0.3 is 0 Å². The van der Waals surface area contributed by atoms with Gasteiger partial charge in [-0.05, 0) is 51.2 Å². The van der Waals surface area contributed by atoms with E-state index in [-0.39, 0.29) is 5.54 Å². The average molecular weight is 281 g/mol. The van der Waals surface area contributed by atoms with Crippen LogP contribution in [0.25, 0.3) is 0 Å². The molecule has 1 aliphatic carbocycles. The maximum atomic E-state index is 6.18. The molecule has 0 aromatic heterocycles. The van der Waals surface area contributed by atoms with E-state index in [1.54, 1.807) is 0 Å². The molecule has 106 valence electrons. The molecule has 1 N–H and O–H groups in total. The minimum Gasteiger partial charge on any atom is -0.309 e. The molecule has 0 heterocycles. The van der Waals surface area contributed by atoms with Crippen LogP contribution < -0.4 is 5.32 Å². The van der Waals surface area contributed by atoms with Crippen LogP contribution in [-0.4, -0.2) is 31.1 Å². The van der Waals surface area contributed by atoms with Crippen LogP contribution in [0.5, 0.6) is 0 Å². The normalized spacial score (nSPS) is 19.8. The Hall–Kier alpha value is -0.570. The molecule has 2 rings (SSSR count). The molecule has 1 saturated carbocycles. The van der Waals surface area contributed by atoms with Gasteiger partial charge in [-0.2, -0.15) is 0 Å². The minimum atomic E-state index is 0.223. The van der Waals surface area contributed by atoms with Crippen molar-refractivity contribution in [1.82, 2.24) is 10.2 Å². The standard InChI is InChI=1S/C16H25ClN2/c1-4-18-15(13-8-7-9-14(17)12-13)16(19(2)3)10-5-6-11-16/h7-9,12,15,18H,4-6,10-11H2,1-3H3. The number of halogens is 1. The highest BCUT2D eigenvalue weighted by atomic mass is 35.5. The molecule has 0 bridgehead atoms. The fourth-order valence-electron chi connectivity index (χ4n) is 3.49. The Balaban J connectivity index is 2.38. The van der Waals surface area contributed by atoms with Crippen LogP contribution in [0.4, 0.5) is 0 Å². The van der Waals surface area contributed by atoms with Crippen molar-refractivity contribution in [1.29, 1.82) is 0 Å². The lowest BCUT2D eigenvalue weighted by molar-refractivity contribution is 0.105. The number of rotatable bonds is 5. The zero-order chi connectivity index (χ0) is 13.9. The van der Waals surface area contributed by atoms with Crippen LogP contribution in [0.15, 0.2) is 24.3 Å². The molecule has 1 aliphatic rings. The van der Waals surface area contributed by atoms with Crippen molar-refractivity contribution in [3.63, 3.8) is 0 Å². The van der Waals surface area contributed by atoms with Gasteiger partial charge in [0.25, 0.3) is 0 Å². The van der Waals surface area contributed by atoms with Crippen molar-refractivity contribution in [2.75, 3.05) is 20.6 Å². The predicted octanol–water partition coefficient (Wildman–Crippen LogP) is 3.87. The van der Waals surface area contributed by atoms with Gasteiger partial charge in [0.2, 0.25) is 0 Å². The Morgan fingerprint density at radius 3 is 2.53 bits per heavy atom. The zero-order valence-corrected chi connectivity index (χ0v) is 13.0. The fourth-order valence-corrected chi connectivity index (χ4v) is 3.69. The average Bonchev–Trinajstić information content (AvgIpc) is 2.86. The van der Waals surface area contributed by atoms with E-state index in [1.165, 1.54) is 31.2 Å². The molecule has 1 unspecified atom stereocenters. The predicted molar refractivity (Wildman–Crippen MR) is 82.8 cm³/mol. The number of hydrogen-bond acceptors (Lipinski definition) is 2. The number of nitrogens with zero attached hydrogens (tertiary/aromatic N) is 1. The number of hydrogen-bond donors (Lipinski definition) is 1. The first kappa shape index (κ1) is 14.8. The molecule has 1 atom stereocenters. The SMILES string of the molecule is CCNC(c1cccc(Cl)c1)C1(N(C)C)CCCC1. The van der Waals surface area contributed by atoms with E-state index < -0.39 is 0 Å². The molecule has 0 saturated heterocycles. The van der Waals surface area contributed by atoms with Gasteiger partial charge < -0.3 is 10.2 Å². The number of nitrogens with one attached hydrogen (secondary N) is 1. The van der Waals surface area contributed by atoms with E-state index in [9.17, 15) is 0 Å². The monoisotopic (exact) mass is 280 g/mol. The highest BCUT2D eigenvalue weighted by Crippen LogP contribution is 2.43. The summed E-state index contributed by atoms with van der Waals surface area (Å²) in [5, 5.41) is 4.52. The summed E-state index contributed by atoms with van der Waals surface area (Å²) in [6, 6.07) is 8.67. The lowest BCUT2D eigenvalue weighted by Gasteiger charge is -2.44. The van der Waals surface area contributed by atoms with E-state index in [1.807, 2.05) is 6.07 Å². The zero-order valence-electron chi connectivity index (χ0n) is 12.2. The third-order valence-corrected chi connectivity index (χ3v) is 4.72. The van der Waals surface area contributed by atoms with Crippen LogP contribution >= 0.6 is 11.6 Å². The lowest BCUT2D eigenvalue weighted by atomic mass is 9.82. The molecule has 0 aliphatic heterocycles. The highest BCUT2D eigenvalue weighted by Gasteiger charge is 2.43. The van der Waals surface area contributed by atoms with Gasteiger partial charge in [0.05, 0.1) is 6.04 Å². The molecule has 1 aromatic rings. The van der Waals surface area contributed by atoms with E-state index in [0.717, 1.165) is 11.6 Å². The van der Waals surface area contributed by atoms with Crippen LogP contribution in [0.1, 0.15) is 44.2 Å². The maximum Gasteiger partial charge on any atom is 0.0507 e. The second kappa shape index (κ2) is 6.25. The first-order valence-corrected chi connectivity index (χ1v) is 7.64. The molecular weight excluding hydrogens is 256 g/mol. The Labute approximate surface area is 122 Å². The largest absolute Gasteiger partial charge is 0.309 e. The molecular formula is C16H25ClN2. The third-order valence-electron chi connectivity index (χ3n) is 4.49. The van der Waals surface area contributed by atoms with Crippen molar-refractivity contribution in [2.24, 2.45) is 0 Å². The second-order valence-corrected chi connectivity index (χ2v) is 6.19. The lowest BCUT2D eigenvalue weighted by Crippen LogP contribution is -2.52. The van der Waals surface area contributed by atoms with E-state index in [4.69, 9.17) is 11.6 Å². The van der Waals surface area contributed by atoms with Crippen LogP contribution in [0, 0.1) is 0 Å². The molecule has 1 fully saturated rings. The summed E-state index contributed by atoms with van der Waals surface area (Å²) in [5.41, 5.74) is 1.53. The van der Waals surface area contributed by atoms with Gasteiger partial charge in [-0.1, -0.05) is 43.5 Å². The highest BCUT2D eigenvalue weighted by molar-refractivity contribution is 6.30. The van der Waals surface area contributed by atoms with E-state index >= 15 is 0 Å². The van der Waals surface area contributed by atoms with Gasteiger partial charge in [0.1, 0.15) is 0 Å². The molecule has 1 aromatic carbocycles. The molecule has 19 heavy (non-hydrogen) atoms. The summed E-state index contributed by atoms with van der Waals surface area (Å²) in [6.45, 7) is 3.16. The minimum absolute atomic E-state index is 0.223. The summed E-state index contributed by atoms with van der Waals surface area (Å²) in [7, 11) is 4.42. The van der Waals surface area contributed by atoms with Crippen molar-refractivity contribution < 1.29 is 0 Å². The van der Waals surface area contributed by atoms with Gasteiger partial charge in [-0.3, -0.25) is 0 Å². The van der Waals surface area contributed by atoms with Crippen molar-refractivity contribution in [2.45, 2.75) is 44.2 Å². The van der Waals surface area contributed by atoms with Crippen LogP contribution in [0.3, 0.4) is 0 Å². The smallest absolute Gasteiger partial charge is 0.0507 e. The van der Waals surface area contributed by atoms with Crippen molar-refractivity contribution >= 4 is 11.6 Å². The first-order chi connectivity index (χ1) is 9.10. The van der Waals surface area contributed by atoms with E-state index in [0.29, 0.717) is 6.04 Å².